The predicted molar refractivity (Wildman–Crippen MR) is 70.0 cm³/mol. The van der Waals surface area contributed by atoms with Crippen LogP contribution in [0.4, 0.5) is 0 Å². The van der Waals surface area contributed by atoms with Gasteiger partial charge in [-0.25, -0.2) is 0 Å². The molecule has 0 atom stereocenters. The van der Waals surface area contributed by atoms with Gasteiger partial charge in [-0.1, -0.05) is 12.8 Å². The van der Waals surface area contributed by atoms with Gasteiger partial charge in [-0.2, -0.15) is 0 Å². The van der Waals surface area contributed by atoms with Crippen molar-refractivity contribution in [2.75, 3.05) is 20.3 Å². The van der Waals surface area contributed by atoms with E-state index in [0.717, 1.165) is 13.2 Å². The Morgan fingerprint density at radius 2 is 2.06 bits per heavy atom. The molecule has 2 aliphatic carbocycles. The summed E-state index contributed by atoms with van der Waals surface area (Å²) in [6.07, 6.45) is 8.84. The molecule has 0 aromatic carbocycles. The number of hydrogen-bond donors (Lipinski definition) is 2. The Hall–Kier alpha value is -0.770. The van der Waals surface area contributed by atoms with Crippen LogP contribution in [0.5, 0.6) is 0 Å². The number of ether oxygens (including phenoxy) is 1. The normalized spacial score (nSPS) is 24.6. The topological polar surface area (TPSA) is 59.6 Å². The second kappa shape index (κ2) is 5.71. The van der Waals surface area contributed by atoms with Gasteiger partial charge in [-0.05, 0) is 32.1 Å². The molecule has 2 rings (SSSR count). The third-order valence-electron chi connectivity index (χ3n) is 4.16. The fraction of sp³-hybridized carbons (Fsp3) is 0.923. The van der Waals surface area contributed by atoms with Gasteiger partial charge in [0.1, 0.15) is 0 Å². The first-order valence-corrected chi connectivity index (χ1v) is 6.79. The average Bonchev–Trinajstić information content (AvgIpc) is 2.71. The number of aliphatic imine (C=N–C) groups is 1. The molecule has 0 aliphatic heterocycles. The van der Waals surface area contributed by atoms with Crippen molar-refractivity contribution in [1.82, 2.24) is 5.32 Å². The first-order valence-electron chi connectivity index (χ1n) is 6.79. The van der Waals surface area contributed by atoms with Crippen LogP contribution >= 0.6 is 0 Å². The van der Waals surface area contributed by atoms with Crippen LogP contribution in [0.15, 0.2) is 4.99 Å². The van der Waals surface area contributed by atoms with Crippen molar-refractivity contribution in [3.8, 4) is 0 Å². The van der Waals surface area contributed by atoms with Crippen molar-refractivity contribution in [1.29, 1.82) is 0 Å². The monoisotopic (exact) mass is 239 g/mol. The molecule has 0 radical (unpaired) electrons. The van der Waals surface area contributed by atoms with Gasteiger partial charge in [0.15, 0.2) is 5.96 Å². The summed E-state index contributed by atoms with van der Waals surface area (Å²) >= 11 is 0. The summed E-state index contributed by atoms with van der Waals surface area (Å²) in [5.41, 5.74) is 6.17. The molecule has 2 saturated carbocycles. The molecule has 0 aromatic rings. The Bertz CT molecular complexity index is 268. The highest BCUT2D eigenvalue weighted by Crippen LogP contribution is 2.38. The van der Waals surface area contributed by atoms with Crippen LogP contribution in [0.3, 0.4) is 0 Å². The molecular weight excluding hydrogens is 214 g/mol. The van der Waals surface area contributed by atoms with E-state index in [1.54, 1.807) is 7.11 Å². The number of rotatable bonds is 5. The number of nitrogens with zero attached hydrogens (tertiary/aromatic N) is 1. The predicted octanol–water partition coefficient (Wildman–Crippen LogP) is 1.65. The Kier molecular flexibility index (Phi) is 4.26. The number of nitrogens with one attached hydrogen (secondary N) is 1. The maximum Gasteiger partial charge on any atom is 0.188 e. The van der Waals surface area contributed by atoms with E-state index in [4.69, 9.17) is 10.5 Å². The van der Waals surface area contributed by atoms with E-state index in [9.17, 15) is 0 Å². The molecule has 2 aliphatic rings. The number of nitrogens with two attached hydrogens (primary N) is 1. The van der Waals surface area contributed by atoms with E-state index in [0.29, 0.717) is 12.0 Å². The second-order valence-corrected chi connectivity index (χ2v) is 5.61. The van der Waals surface area contributed by atoms with Crippen LogP contribution in [0, 0.1) is 5.41 Å². The molecular formula is C13H25N3O. The zero-order valence-electron chi connectivity index (χ0n) is 10.9. The van der Waals surface area contributed by atoms with Crippen molar-refractivity contribution in [2.45, 2.75) is 51.0 Å². The third-order valence-corrected chi connectivity index (χ3v) is 4.16. The van der Waals surface area contributed by atoms with Gasteiger partial charge in [-0.15, -0.1) is 0 Å². The van der Waals surface area contributed by atoms with Crippen LogP contribution in [0.1, 0.15) is 44.9 Å². The summed E-state index contributed by atoms with van der Waals surface area (Å²) < 4.78 is 5.34. The summed E-state index contributed by atoms with van der Waals surface area (Å²) in [5, 5.41) is 3.29. The van der Waals surface area contributed by atoms with E-state index in [2.05, 4.69) is 10.3 Å². The quantitative estimate of drug-likeness (QED) is 0.566. The van der Waals surface area contributed by atoms with Gasteiger partial charge < -0.3 is 15.8 Å². The molecule has 0 amide bonds. The van der Waals surface area contributed by atoms with Gasteiger partial charge >= 0.3 is 0 Å². The average molecular weight is 239 g/mol. The van der Waals surface area contributed by atoms with Gasteiger partial charge in [-0.3, -0.25) is 4.99 Å². The van der Waals surface area contributed by atoms with Crippen molar-refractivity contribution in [3.63, 3.8) is 0 Å². The number of guanidine groups is 1. The minimum Gasteiger partial charge on any atom is -0.384 e. The SMILES string of the molecule is COCC1(CN=C(N)NC2CCC2)CCCC1. The molecule has 0 bridgehead atoms. The maximum atomic E-state index is 5.92. The van der Waals surface area contributed by atoms with Gasteiger partial charge in [0.25, 0.3) is 0 Å². The van der Waals surface area contributed by atoms with E-state index in [1.807, 2.05) is 0 Å². The molecule has 0 spiro atoms. The van der Waals surface area contributed by atoms with Crippen LogP contribution in [0.2, 0.25) is 0 Å². The highest BCUT2D eigenvalue weighted by atomic mass is 16.5. The van der Waals surface area contributed by atoms with Gasteiger partial charge in [0.2, 0.25) is 0 Å². The van der Waals surface area contributed by atoms with Crippen molar-refractivity contribution >= 4 is 5.96 Å². The lowest BCUT2D eigenvalue weighted by molar-refractivity contribution is 0.0896. The molecule has 0 aromatic heterocycles. The molecule has 0 unspecified atom stereocenters. The van der Waals surface area contributed by atoms with Crippen molar-refractivity contribution in [2.24, 2.45) is 16.1 Å². The standard InChI is InChI=1S/C13H25N3O/c1-17-10-13(7-2-3-8-13)9-15-12(14)16-11-5-4-6-11/h11H,2-10H2,1H3,(H3,14,15,16). The number of methoxy groups -OCH3 is 1. The third kappa shape index (κ3) is 3.35. The Balaban J connectivity index is 1.82. The van der Waals surface area contributed by atoms with E-state index < -0.39 is 0 Å². The summed E-state index contributed by atoms with van der Waals surface area (Å²) in [6.45, 7) is 1.62. The minimum absolute atomic E-state index is 0.251. The van der Waals surface area contributed by atoms with Gasteiger partial charge in [0.05, 0.1) is 13.2 Å². The Morgan fingerprint density at radius 3 is 2.59 bits per heavy atom. The molecule has 0 heterocycles. The van der Waals surface area contributed by atoms with Crippen LogP contribution in [-0.4, -0.2) is 32.3 Å². The second-order valence-electron chi connectivity index (χ2n) is 5.61. The Labute approximate surface area is 104 Å². The zero-order chi connectivity index (χ0) is 12.1. The molecule has 4 heteroatoms. The van der Waals surface area contributed by atoms with E-state index in [1.165, 1.54) is 44.9 Å². The highest BCUT2D eigenvalue weighted by molar-refractivity contribution is 5.78. The molecule has 3 N–H and O–H groups in total. The van der Waals surface area contributed by atoms with Crippen LogP contribution in [0.25, 0.3) is 0 Å². The fourth-order valence-electron chi connectivity index (χ4n) is 2.84. The summed E-state index contributed by atoms with van der Waals surface area (Å²) in [4.78, 5) is 4.52. The summed E-state index contributed by atoms with van der Waals surface area (Å²) in [6, 6.07) is 0.570. The zero-order valence-corrected chi connectivity index (χ0v) is 10.9. The molecule has 0 saturated heterocycles. The Morgan fingerprint density at radius 1 is 1.35 bits per heavy atom. The van der Waals surface area contributed by atoms with E-state index in [-0.39, 0.29) is 5.41 Å². The summed E-state index contributed by atoms with van der Waals surface area (Å²) in [7, 11) is 1.78. The first kappa shape index (κ1) is 12.7. The maximum absolute atomic E-state index is 5.92. The van der Waals surface area contributed by atoms with Crippen LogP contribution < -0.4 is 11.1 Å². The lowest BCUT2D eigenvalue weighted by Crippen LogP contribution is -2.44. The largest absolute Gasteiger partial charge is 0.384 e. The lowest BCUT2D eigenvalue weighted by Gasteiger charge is -2.28. The van der Waals surface area contributed by atoms with E-state index >= 15 is 0 Å². The minimum atomic E-state index is 0.251. The van der Waals surface area contributed by atoms with Crippen molar-refractivity contribution < 1.29 is 4.74 Å². The molecule has 4 nitrogen and oxygen atoms in total. The molecule has 98 valence electrons. The first-order chi connectivity index (χ1) is 8.24. The molecule has 17 heavy (non-hydrogen) atoms. The van der Waals surface area contributed by atoms with Gasteiger partial charge in [0, 0.05) is 18.6 Å². The van der Waals surface area contributed by atoms with Crippen molar-refractivity contribution in [3.05, 3.63) is 0 Å². The lowest BCUT2D eigenvalue weighted by atomic mass is 9.87. The fourth-order valence-corrected chi connectivity index (χ4v) is 2.84. The van der Waals surface area contributed by atoms with Crippen LogP contribution in [-0.2, 0) is 4.74 Å². The smallest absolute Gasteiger partial charge is 0.188 e. The highest BCUT2D eigenvalue weighted by Gasteiger charge is 2.33. The molecule has 2 fully saturated rings. The summed E-state index contributed by atoms with van der Waals surface area (Å²) in [5.74, 6) is 0.622. The number of hydrogen-bond acceptors (Lipinski definition) is 2.